The first-order chi connectivity index (χ1) is 14.8. The third-order valence-electron chi connectivity index (χ3n) is 5.08. The zero-order valence-electron chi connectivity index (χ0n) is 16.5. The number of benzene rings is 2. The van der Waals surface area contributed by atoms with Gasteiger partial charge >= 0.3 is 0 Å². The number of hydrogen-bond donors (Lipinski definition) is 1. The van der Waals surface area contributed by atoms with Crippen molar-refractivity contribution < 1.29 is 4.74 Å². The summed E-state index contributed by atoms with van der Waals surface area (Å²) in [5.74, 6) is 1.74. The highest BCUT2D eigenvalue weighted by molar-refractivity contribution is 5.86. The van der Waals surface area contributed by atoms with Crippen molar-refractivity contribution in [1.82, 2.24) is 19.9 Å². The Balaban J connectivity index is 1.59. The molecule has 146 valence electrons. The maximum Gasteiger partial charge on any atom is 0.118 e. The fourth-order valence-electron chi connectivity index (χ4n) is 3.57. The normalized spacial score (nSPS) is 11.0. The smallest absolute Gasteiger partial charge is 0.118 e. The average Bonchev–Trinajstić information content (AvgIpc) is 3.23. The molecule has 0 bridgehead atoms. The van der Waals surface area contributed by atoms with Gasteiger partial charge in [-0.25, -0.2) is 4.98 Å². The average molecular weight is 392 g/mol. The molecule has 0 aliphatic rings. The fourth-order valence-corrected chi connectivity index (χ4v) is 3.57. The molecule has 0 aliphatic carbocycles. The standard InChI is InChI=1S/C25H20N4O/c1-30-20-10-7-17(8-11-20)15-23-28-24(25(29-23)22-6-2-3-13-27-22)19-9-12-21-18(16-19)5-4-14-26-21/h2-14,16H,15H2,1H3,(H,28,29). The summed E-state index contributed by atoms with van der Waals surface area (Å²) in [7, 11) is 1.67. The van der Waals surface area contributed by atoms with Crippen molar-refractivity contribution >= 4 is 10.9 Å². The number of hydrogen-bond acceptors (Lipinski definition) is 4. The number of fused-ring (bicyclic) bond motifs is 1. The van der Waals surface area contributed by atoms with Crippen LogP contribution < -0.4 is 4.74 Å². The Morgan fingerprint density at radius 1 is 0.867 bits per heavy atom. The lowest BCUT2D eigenvalue weighted by Crippen LogP contribution is -1.91. The van der Waals surface area contributed by atoms with E-state index in [1.807, 2.05) is 48.7 Å². The number of aromatic nitrogens is 4. The Hall–Kier alpha value is -3.99. The van der Waals surface area contributed by atoms with Crippen molar-refractivity contribution in [3.63, 3.8) is 0 Å². The summed E-state index contributed by atoms with van der Waals surface area (Å²) in [6, 6.07) is 24.2. The molecular formula is C25H20N4O. The van der Waals surface area contributed by atoms with Crippen LogP contribution in [-0.4, -0.2) is 27.0 Å². The number of methoxy groups -OCH3 is 1. The van der Waals surface area contributed by atoms with Crippen LogP contribution in [0.5, 0.6) is 5.75 Å². The first kappa shape index (κ1) is 18.1. The number of H-pyrrole nitrogens is 1. The minimum absolute atomic E-state index is 0.693. The molecule has 3 aromatic heterocycles. The van der Waals surface area contributed by atoms with Crippen LogP contribution in [0.3, 0.4) is 0 Å². The van der Waals surface area contributed by atoms with Crippen LogP contribution in [0.2, 0.25) is 0 Å². The van der Waals surface area contributed by atoms with Crippen LogP contribution in [0.4, 0.5) is 0 Å². The van der Waals surface area contributed by atoms with E-state index in [2.05, 4.69) is 45.3 Å². The summed E-state index contributed by atoms with van der Waals surface area (Å²) in [6.07, 6.45) is 4.30. The number of imidazole rings is 1. The molecule has 5 heteroatoms. The largest absolute Gasteiger partial charge is 0.497 e. The molecule has 5 rings (SSSR count). The van der Waals surface area contributed by atoms with E-state index in [0.717, 1.165) is 50.7 Å². The highest BCUT2D eigenvalue weighted by atomic mass is 16.5. The lowest BCUT2D eigenvalue weighted by Gasteiger charge is -2.04. The van der Waals surface area contributed by atoms with Gasteiger partial charge in [0.15, 0.2) is 0 Å². The molecule has 0 saturated heterocycles. The summed E-state index contributed by atoms with van der Waals surface area (Å²) in [6.45, 7) is 0. The third kappa shape index (κ3) is 3.53. The molecule has 5 nitrogen and oxygen atoms in total. The van der Waals surface area contributed by atoms with Crippen molar-refractivity contribution in [2.24, 2.45) is 0 Å². The topological polar surface area (TPSA) is 63.7 Å². The van der Waals surface area contributed by atoms with E-state index in [1.165, 1.54) is 0 Å². The quantitative estimate of drug-likeness (QED) is 0.442. The Labute approximate surface area is 174 Å². The van der Waals surface area contributed by atoms with E-state index in [1.54, 1.807) is 13.3 Å². The Morgan fingerprint density at radius 3 is 2.53 bits per heavy atom. The van der Waals surface area contributed by atoms with Crippen molar-refractivity contribution in [2.45, 2.75) is 6.42 Å². The highest BCUT2D eigenvalue weighted by Gasteiger charge is 2.16. The highest BCUT2D eigenvalue weighted by Crippen LogP contribution is 2.31. The summed E-state index contributed by atoms with van der Waals surface area (Å²) in [4.78, 5) is 17.4. The molecule has 30 heavy (non-hydrogen) atoms. The second-order valence-corrected chi connectivity index (χ2v) is 7.06. The molecule has 1 N–H and O–H groups in total. The Morgan fingerprint density at radius 2 is 1.73 bits per heavy atom. The van der Waals surface area contributed by atoms with Crippen LogP contribution in [0.1, 0.15) is 11.4 Å². The molecule has 0 unspecified atom stereocenters. The monoisotopic (exact) mass is 392 g/mol. The van der Waals surface area contributed by atoms with Gasteiger partial charge in [0.05, 0.1) is 29.7 Å². The molecule has 0 fully saturated rings. The number of nitrogens with one attached hydrogen (secondary N) is 1. The van der Waals surface area contributed by atoms with Crippen molar-refractivity contribution in [1.29, 1.82) is 0 Å². The Kier molecular flexibility index (Phi) is 4.69. The van der Waals surface area contributed by atoms with E-state index >= 15 is 0 Å². The molecule has 2 aromatic carbocycles. The number of rotatable bonds is 5. The summed E-state index contributed by atoms with van der Waals surface area (Å²) in [5, 5.41) is 1.08. The van der Waals surface area contributed by atoms with Gasteiger partial charge in [0.1, 0.15) is 11.6 Å². The van der Waals surface area contributed by atoms with E-state index in [-0.39, 0.29) is 0 Å². The van der Waals surface area contributed by atoms with E-state index in [0.29, 0.717) is 6.42 Å². The second-order valence-electron chi connectivity index (χ2n) is 7.06. The zero-order valence-corrected chi connectivity index (χ0v) is 16.5. The predicted octanol–water partition coefficient (Wildman–Crippen LogP) is 5.29. The first-order valence-electron chi connectivity index (χ1n) is 9.78. The van der Waals surface area contributed by atoms with E-state index in [4.69, 9.17) is 9.72 Å². The number of pyridine rings is 2. The molecule has 0 aliphatic heterocycles. The summed E-state index contributed by atoms with van der Waals surface area (Å²) >= 11 is 0. The van der Waals surface area contributed by atoms with Crippen LogP contribution in [0.15, 0.2) is 85.2 Å². The maximum atomic E-state index is 5.26. The summed E-state index contributed by atoms with van der Waals surface area (Å²) in [5.41, 5.74) is 5.84. The third-order valence-corrected chi connectivity index (χ3v) is 5.08. The molecule has 0 amide bonds. The van der Waals surface area contributed by atoms with Gasteiger partial charge in [-0.15, -0.1) is 0 Å². The van der Waals surface area contributed by atoms with Gasteiger partial charge in [0, 0.05) is 29.8 Å². The van der Waals surface area contributed by atoms with Crippen molar-refractivity contribution in [2.75, 3.05) is 7.11 Å². The zero-order chi connectivity index (χ0) is 20.3. The van der Waals surface area contributed by atoms with Gasteiger partial charge < -0.3 is 9.72 Å². The fraction of sp³-hybridized carbons (Fsp3) is 0.0800. The van der Waals surface area contributed by atoms with Crippen molar-refractivity contribution in [3.05, 3.63) is 96.6 Å². The molecule has 0 atom stereocenters. The minimum atomic E-state index is 0.693. The molecule has 0 spiro atoms. The number of ether oxygens (including phenoxy) is 1. The molecule has 3 heterocycles. The second kappa shape index (κ2) is 7.79. The Bertz CT molecular complexity index is 1290. The SMILES string of the molecule is COc1ccc(Cc2nc(-c3ccc4ncccc4c3)c(-c3ccccn3)[nH]2)cc1. The predicted molar refractivity (Wildman–Crippen MR) is 118 cm³/mol. The van der Waals surface area contributed by atoms with Crippen LogP contribution >= 0.6 is 0 Å². The van der Waals surface area contributed by atoms with Gasteiger partial charge in [0.25, 0.3) is 0 Å². The molecular weight excluding hydrogens is 372 g/mol. The van der Waals surface area contributed by atoms with Crippen LogP contribution in [0, 0.1) is 0 Å². The maximum absolute atomic E-state index is 5.26. The van der Waals surface area contributed by atoms with Crippen LogP contribution in [0.25, 0.3) is 33.5 Å². The van der Waals surface area contributed by atoms with Crippen LogP contribution in [-0.2, 0) is 6.42 Å². The number of nitrogens with zero attached hydrogens (tertiary/aromatic N) is 3. The first-order valence-corrected chi connectivity index (χ1v) is 9.78. The molecule has 0 saturated carbocycles. The minimum Gasteiger partial charge on any atom is -0.497 e. The van der Waals surface area contributed by atoms with Gasteiger partial charge in [-0.3, -0.25) is 9.97 Å². The van der Waals surface area contributed by atoms with Gasteiger partial charge in [0.2, 0.25) is 0 Å². The molecule has 0 radical (unpaired) electrons. The van der Waals surface area contributed by atoms with E-state index < -0.39 is 0 Å². The van der Waals surface area contributed by atoms with Gasteiger partial charge in [-0.05, 0) is 48.0 Å². The summed E-state index contributed by atoms with van der Waals surface area (Å²) < 4.78 is 5.26. The lowest BCUT2D eigenvalue weighted by atomic mass is 10.1. The van der Waals surface area contributed by atoms with Crippen molar-refractivity contribution in [3.8, 4) is 28.4 Å². The van der Waals surface area contributed by atoms with E-state index in [9.17, 15) is 0 Å². The van der Waals surface area contributed by atoms with Gasteiger partial charge in [-0.1, -0.05) is 30.3 Å². The number of aromatic amines is 1. The van der Waals surface area contributed by atoms with Gasteiger partial charge in [-0.2, -0.15) is 0 Å². The lowest BCUT2D eigenvalue weighted by molar-refractivity contribution is 0.414. The molecule has 5 aromatic rings.